The lowest BCUT2D eigenvalue weighted by Gasteiger charge is -2.29. The number of fused-ring (bicyclic) bond motifs is 1. The van der Waals surface area contributed by atoms with Crippen LogP contribution in [0, 0.1) is 13.8 Å². The van der Waals surface area contributed by atoms with Crippen LogP contribution >= 0.6 is 0 Å². The summed E-state index contributed by atoms with van der Waals surface area (Å²) < 4.78 is 5.47. The number of anilines is 2. The Bertz CT molecular complexity index is 861. The van der Waals surface area contributed by atoms with Gasteiger partial charge in [-0.3, -0.25) is 14.5 Å². The molecule has 1 aliphatic heterocycles. The first-order valence-corrected chi connectivity index (χ1v) is 8.55. The van der Waals surface area contributed by atoms with Gasteiger partial charge in [0.25, 0.3) is 5.91 Å². The van der Waals surface area contributed by atoms with E-state index in [4.69, 9.17) is 10.5 Å². The number of nitrogens with zero attached hydrogens (tertiary/aromatic N) is 1. The molecule has 0 aliphatic carbocycles. The Balaban J connectivity index is 1.83. The van der Waals surface area contributed by atoms with Crippen molar-refractivity contribution in [2.75, 3.05) is 23.4 Å². The molecule has 6 nitrogen and oxygen atoms in total. The highest BCUT2D eigenvalue weighted by Crippen LogP contribution is 2.34. The summed E-state index contributed by atoms with van der Waals surface area (Å²) in [6.45, 7) is 5.60. The molecule has 2 aromatic rings. The zero-order valence-corrected chi connectivity index (χ0v) is 15.2. The Labute approximate surface area is 152 Å². The number of benzene rings is 2. The van der Waals surface area contributed by atoms with Crippen molar-refractivity contribution in [3.8, 4) is 5.75 Å². The molecule has 6 heteroatoms. The summed E-state index contributed by atoms with van der Waals surface area (Å²) in [5.41, 5.74) is 10.2. The second-order valence-electron chi connectivity index (χ2n) is 6.65. The van der Waals surface area contributed by atoms with Crippen LogP contribution in [0.3, 0.4) is 0 Å². The van der Waals surface area contributed by atoms with Crippen molar-refractivity contribution in [2.24, 2.45) is 5.73 Å². The van der Waals surface area contributed by atoms with Gasteiger partial charge in [-0.05, 0) is 55.7 Å². The van der Waals surface area contributed by atoms with E-state index in [1.807, 2.05) is 51.1 Å². The van der Waals surface area contributed by atoms with E-state index < -0.39 is 0 Å². The van der Waals surface area contributed by atoms with Gasteiger partial charge in [0.15, 0.2) is 6.61 Å². The van der Waals surface area contributed by atoms with Crippen LogP contribution < -0.4 is 20.7 Å². The standard InChI is InChI=1S/C20H23N3O3/c1-12-4-5-13(2)16(8-12)22-19(24)10-23-17-9-15(14(3)21)6-7-18(17)26-11-20(23)25/h4-9,14H,10-11,21H2,1-3H3,(H,22,24). The monoisotopic (exact) mass is 353 g/mol. The maximum absolute atomic E-state index is 12.5. The summed E-state index contributed by atoms with van der Waals surface area (Å²) in [5.74, 6) is 0.0649. The van der Waals surface area contributed by atoms with E-state index in [1.54, 1.807) is 6.07 Å². The van der Waals surface area contributed by atoms with E-state index >= 15 is 0 Å². The summed E-state index contributed by atoms with van der Waals surface area (Å²) in [4.78, 5) is 26.3. The van der Waals surface area contributed by atoms with Gasteiger partial charge in [0.2, 0.25) is 5.91 Å². The van der Waals surface area contributed by atoms with E-state index in [1.165, 1.54) is 4.90 Å². The van der Waals surface area contributed by atoms with Crippen LogP contribution in [0.5, 0.6) is 5.75 Å². The number of nitrogens with one attached hydrogen (secondary N) is 1. The molecule has 1 heterocycles. The number of aryl methyl sites for hydroxylation is 2. The van der Waals surface area contributed by atoms with E-state index in [2.05, 4.69) is 5.32 Å². The quantitative estimate of drug-likeness (QED) is 0.885. The van der Waals surface area contributed by atoms with Gasteiger partial charge in [-0.1, -0.05) is 18.2 Å². The summed E-state index contributed by atoms with van der Waals surface area (Å²) in [7, 11) is 0. The number of carbonyl (C=O) groups is 2. The molecule has 0 bridgehead atoms. The Morgan fingerprint density at radius 2 is 2.04 bits per heavy atom. The van der Waals surface area contributed by atoms with Crippen molar-refractivity contribution >= 4 is 23.2 Å². The van der Waals surface area contributed by atoms with E-state index in [-0.39, 0.29) is 31.0 Å². The first-order valence-electron chi connectivity index (χ1n) is 8.55. The molecule has 3 N–H and O–H groups in total. The molecule has 3 rings (SSSR count). The molecule has 0 spiro atoms. The van der Waals surface area contributed by atoms with E-state index in [9.17, 15) is 9.59 Å². The predicted molar refractivity (Wildman–Crippen MR) is 101 cm³/mol. The normalized spacial score (nSPS) is 14.5. The van der Waals surface area contributed by atoms with Crippen molar-refractivity contribution in [3.63, 3.8) is 0 Å². The summed E-state index contributed by atoms with van der Waals surface area (Å²) in [6, 6.07) is 11.1. The minimum atomic E-state index is -0.258. The molecule has 2 amide bonds. The lowest BCUT2D eigenvalue weighted by Crippen LogP contribution is -2.43. The topological polar surface area (TPSA) is 84.7 Å². The van der Waals surface area contributed by atoms with Gasteiger partial charge in [-0.2, -0.15) is 0 Å². The molecule has 0 aromatic heterocycles. The van der Waals surface area contributed by atoms with Crippen LogP contribution in [0.15, 0.2) is 36.4 Å². The van der Waals surface area contributed by atoms with E-state index in [0.29, 0.717) is 11.4 Å². The van der Waals surface area contributed by atoms with Crippen LogP contribution in [-0.4, -0.2) is 25.0 Å². The first-order chi connectivity index (χ1) is 12.3. The fraction of sp³-hybridized carbons (Fsp3) is 0.300. The largest absolute Gasteiger partial charge is 0.482 e. The second-order valence-corrected chi connectivity index (χ2v) is 6.65. The zero-order chi connectivity index (χ0) is 18.8. The lowest BCUT2D eigenvalue weighted by molar-refractivity contribution is -0.123. The van der Waals surface area contributed by atoms with Crippen LogP contribution in [-0.2, 0) is 9.59 Å². The van der Waals surface area contributed by atoms with Gasteiger partial charge in [0.1, 0.15) is 12.3 Å². The second kappa shape index (κ2) is 7.17. The average Bonchev–Trinajstić information content (AvgIpc) is 2.60. The molecular weight excluding hydrogens is 330 g/mol. The Kier molecular flexibility index (Phi) is 4.95. The number of nitrogens with two attached hydrogens (primary N) is 1. The van der Waals surface area contributed by atoms with E-state index in [0.717, 1.165) is 22.4 Å². The van der Waals surface area contributed by atoms with Crippen LogP contribution in [0.25, 0.3) is 0 Å². The third kappa shape index (κ3) is 3.70. The highest BCUT2D eigenvalue weighted by molar-refractivity contribution is 6.05. The molecule has 0 radical (unpaired) electrons. The fourth-order valence-electron chi connectivity index (χ4n) is 2.88. The van der Waals surface area contributed by atoms with Gasteiger partial charge >= 0.3 is 0 Å². The van der Waals surface area contributed by atoms with Gasteiger partial charge in [0.05, 0.1) is 5.69 Å². The highest BCUT2D eigenvalue weighted by Gasteiger charge is 2.28. The summed E-state index contributed by atoms with van der Waals surface area (Å²) >= 11 is 0. The van der Waals surface area contributed by atoms with Gasteiger partial charge in [0, 0.05) is 11.7 Å². The molecule has 1 unspecified atom stereocenters. The molecule has 136 valence electrons. The molecule has 0 saturated heterocycles. The fourth-order valence-corrected chi connectivity index (χ4v) is 2.88. The molecule has 1 atom stereocenters. The summed E-state index contributed by atoms with van der Waals surface area (Å²) in [5, 5.41) is 2.89. The maximum Gasteiger partial charge on any atom is 0.265 e. The Morgan fingerprint density at radius 3 is 2.77 bits per heavy atom. The lowest BCUT2D eigenvalue weighted by atomic mass is 10.1. The third-order valence-electron chi connectivity index (χ3n) is 4.42. The molecule has 1 aliphatic rings. The van der Waals surface area contributed by atoms with Gasteiger partial charge in [-0.15, -0.1) is 0 Å². The predicted octanol–water partition coefficient (Wildman–Crippen LogP) is 2.69. The SMILES string of the molecule is Cc1ccc(C)c(NC(=O)CN2C(=O)COc3ccc(C(C)N)cc32)c1. The zero-order valence-electron chi connectivity index (χ0n) is 15.2. The summed E-state index contributed by atoms with van der Waals surface area (Å²) in [6.07, 6.45) is 0. The third-order valence-corrected chi connectivity index (χ3v) is 4.42. The number of carbonyl (C=O) groups excluding carboxylic acids is 2. The van der Waals surface area contributed by atoms with Gasteiger partial charge in [-0.25, -0.2) is 0 Å². The van der Waals surface area contributed by atoms with Crippen LogP contribution in [0.1, 0.15) is 29.7 Å². The molecule has 0 fully saturated rings. The van der Waals surface area contributed by atoms with Gasteiger partial charge < -0.3 is 15.8 Å². The minimum absolute atomic E-state index is 0.0784. The van der Waals surface area contributed by atoms with Crippen molar-refractivity contribution in [1.29, 1.82) is 0 Å². The van der Waals surface area contributed by atoms with Crippen molar-refractivity contribution in [2.45, 2.75) is 26.8 Å². The van der Waals surface area contributed by atoms with Crippen LogP contribution in [0.4, 0.5) is 11.4 Å². The van der Waals surface area contributed by atoms with Crippen molar-refractivity contribution in [3.05, 3.63) is 53.1 Å². The van der Waals surface area contributed by atoms with Crippen molar-refractivity contribution in [1.82, 2.24) is 0 Å². The van der Waals surface area contributed by atoms with Crippen molar-refractivity contribution < 1.29 is 14.3 Å². The van der Waals surface area contributed by atoms with Crippen LogP contribution in [0.2, 0.25) is 0 Å². The number of rotatable bonds is 4. The first kappa shape index (κ1) is 17.9. The Hall–Kier alpha value is -2.86. The molecule has 0 saturated carbocycles. The number of ether oxygens (including phenoxy) is 1. The maximum atomic E-state index is 12.5. The smallest absolute Gasteiger partial charge is 0.265 e. The number of hydrogen-bond acceptors (Lipinski definition) is 4. The highest BCUT2D eigenvalue weighted by atomic mass is 16.5. The number of hydrogen-bond donors (Lipinski definition) is 2. The molecule has 26 heavy (non-hydrogen) atoms. The molecular formula is C20H23N3O3. The minimum Gasteiger partial charge on any atom is -0.482 e. The number of amides is 2. The molecule has 2 aromatic carbocycles. The Morgan fingerprint density at radius 1 is 1.27 bits per heavy atom. The average molecular weight is 353 g/mol.